The fourth-order valence-electron chi connectivity index (χ4n) is 10.2. The topological polar surface area (TPSA) is 13.1 Å². The molecule has 1 aliphatic carbocycles. The zero-order valence-electron chi connectivity index (χ0n) is 32.4. The third-order valence-electron chi connectivity index (χ3n) is 12.9. The summed E-state index contributed by atoms with van der Waals surface area (Å²) in [4.78, 5) is 0. The maximum absolute atomic E-state index is 6.41. The van der Waals surface area contributed by atoms with Gasteiger partial charge in [-0.2, -0.15) is 0 Å². The highest BCUT2D eigenvalue weighted by Gasteiger charge is 2.38. The molecule has 1 heterocycles. The average molecular weight is 739 g/mol. The summed E-state index contributed by atoms with van der Waals surface area (Å²) in [6.45, 7) is 4.78. The number of hydrogen-bond donors (Lipinski definition) is 0. The fourth-order valence-corrected chi connectivity index (χ4v) is 10.2. The molecule has 0 N–H and O–H groups in total. The Morgan fingerprint density at radius 2 is 0.793 bits per heavy atom. The Balaban J connectivity index is 0.974. The molecular weight excluding hydrogens is 701 g/mol. The van der Waals surface area contributed by atoms with Crippen LogP contribution in [0.3, 0.4) is 0 Å². The van der Waals surface area contributed by atoms with Gasteiger partial charge in [0.1, 0.15) is 11.2 Å². The highest BCUT2D eigenvalue weighted by molar-refractivity contribution is 6.21. The van der Waals surface area contributed by atoms with Gasteiger partial charge in [-0.3, -0.25) is 0 Å². The first-order valence-corrected chi connectivity index (χ1v) is 20.3. The van der Waals surface area contributed by atoms with E-state index in [0.29, 0.717) is 0 Å². The lowest BCUT2D eigenvalue weighted by Crippen LogP contribution is -2.16. The van der Waals surface area contributed by atoms with Crippen LogP contribution in [0.2, 0.25) is 0 Å². The third-order valence-corrected chi connectivity index (χ3v) is 12.9. The number of hydrogen-bond acceptors (Lipinski definition) is 1. The molecule has 0 saturated carbocycles. The highest BCUT2D eigenvalue weighted by atomic mass is 16.3. The van der Waals surface area contributed by atoms with Crippen molar-refractivity contribution < 1.29 is 4.42 Å². The molecule has 10 aromatic carbocycles. The van der Waals surface area contributed by atoms with Crippen LogP contribution in [0.25, 0.3) is 110 Å². The van der Waals surface area contributed by atoms with E-state index in [4.69, 9.17) is 4.42 Å². The average Bonchev–Trinajstić information content (AvgIpc) is 3.78. The summed E-state index contributed by atoms with van der Waals surface area (Å²) in [5, 5.41) is 9.93. The van der Waals surface area contributed by atoms with Crippen molar-refractivity contribution in [1.82, 2.24) is 0 Å². The smallest absolute Gasteiger partial charge is 0.143 e. The van der Waals surface area contributed by atoms with Crippen molar-refractivity contribution in [2.45, 2.75) is 19.3 Å². The minimum atomic E-state index is -0.120. The number of fused-ring (bicyclic) bond motifs is 10. The van der Waals surface area contributed by atoms with Gasteiger partial charge < -0.3 is 4.42 Å². The summed E-state index contributed by atoms with van der Waals surface area (Å²) in [7, 11) is 0. The minimum Gasteiger partial charge on any atom is -0.455 e. The van der Waals surface area contributed by atoms with Crippen LogP contribution in [-0.4, -0.2) is 0 Å². The standard InChI is InChI=1S/C57H38O/c1-57(2)50-34-33-35-13-3-4-14-40(35)54(50)49-23-11-20-41(55(49)57)36-25-29-38(30-26-36)52-44-16-5-7-18-46(44)53(47-19-8-6-17-45(47)52)39-31-27-37(28-32-39)42-21-12-22-48-43-15-9-10-24-51(43)58-56(42)48/h3-34H,1-2H3. The molecule has 12 rings (SSSR count). The van der Waals surface area contributed by atoms with Crippen LogP contribution in [-0.2, 0) is 5.41 Å². The van der Waals surface area contributed by atoms with Crippen molar-refractivity contribution in [1.29, 1.82) is 0 Å². The van der Waals surface area contributed by atoms with Gasteiger partial charge in [0.05, 0.1) is 0 Å². The van der Waals surface area contributed by atoms with E-state index in [1.54, 1.807) is 0 Å². The second kappa shape index (κ2) is 12.4. The molecule has 1 aromatic heterocycles. The molecule has 0 bridgehead atoms. The monoisotopic (exact) mass is 738 g/mol. The lowest BCUT2D eigenvalue weighted by atomic mass is 9.78. The van der Waals surface area contributed by atoms with Crippen molar-refractivity contribution in [3.8, 4) is 55.6 Å². The molecule has 272 valence electrons. The first kappa shape index (κ1) is 33.0. The molecule has 1 nitrogen and oxygen atoms in total. The molecule has 0 radical (unpaired) electrons. The molecule has 0 atom stereocenters. The molecule has 0 aliphatic heterocycles. The Morgan fingerprint density at radius 3 is 1.43 bits per heavy atom. The Labute approximate surface area is 337 Å². The highest BCUT2D eigenvalue weighted by Crippen LogP contribution is 2.54. The van der Waals surface area contributed by atoms with Crippen LogP contribution in [0.15, 0.2) is 199 Å². The lowest BCUT2D eigenvalue weighted by Gasteiger charge is -2.25. The molecule has 0 spiro atoms. The van der Waals surface area contributed by atoms with Gasteiger partial charge >= 0.3 is 0 Å². The van der Waals surface area contributed by atoms with Crippen LogP contribution in [0.1, 0.15) is 25.0 Å². The summed E-state index contributed by atoms with van der Waals surface area (Å²) < 4.78 is 6.41. The van der Waals surface area contributed by atoms with Crippen LogP contribution < -0.4 is 0 Å². The molecule has 0 amide bonds. The second-order valence-electron chi connectivity index (χ2n) is 16.3. The van der Waals surface area contributed by atoms with Crippen molar-refractivity contribution in [3.63, 3.8) is 0 Å². The Morgan fingerprint density at radius 1 is 0.328 bits per heavy atom. The zero-order chi connectivity index (χ0) is 38.5. The number of furan rings is 1. The molecular formula is C57H38O. The predicted molar refractivity (Wildman–Crippen MR) is 246 cm³/mol. The summed E-state index contributed by atoms with van der Waals surface area (Å²) in [5.41, 5.74) is 17.0. The first-order chi connectivity index (χ1) is 28.5. The van der Waals surface area contributed by atoms with Gasteiger partial charge in [-0.1, -0.05) is 202 Å². The van der Waals surface area contributed by atoms with E-state index in [0.717, 1.165) is 33.1 Å². The Hall–Kier alpha value is -7.22. The fraction of sp³-hybridized carbons (Fsp3) is 0.0526. The van der Waals surface area contributed by atoms with Crippen molar-refractivity contribution >= 4 is 54.3 Å². The maximum atomic E-state index is 6.41. The van der Waals surface area contributed by atoms with Gasteiger partial charge in [0.15, 0.2) is 0 Å². The summed E-state index contributed by atoms with van der Waals surface area (Å²) in [6.07, 6.45) is 0. The minimum absolute atomic E-state index is 0.120. The van der Waals surface area contributed by atoms with E-state index in [1.807, 2.05) is 12.1 Å². The Bertz CT molecular complexity index is 3390. The van der Waals surface area contributed by atoms with Gasteiger partial charge in [-0.15, -0.1) is 0 Å². The van der Waals surface area contributed by atoms with Crippen LogP contribution in [0.4, 0.5) is 0 Å². The van der Waals surface area contributed by atoms with Crippen LogP contribution in [0.5, 0.6) is 0 Å². The SMILES string of the molecule is CC1(C)c2ccc3ccccc3c2-c2cccc(-c3ccc(-c4c5ccccc5c(-c5ccc(-c6cccc7c6oc6ccccc67)cc5)c5ccccc45)cc3)c21. The zero-order valence-corrected chi connectivity index (χ0v) is 32.4. The van der Waals surface area contributed by atoms with Crippen molar-refractivity contribution in [2.75, 3.05) is 0 Å². The van der Waals surface area contributed by atoms with Gasteiger partial charge in [0.25, 0.3) is 0 Å². The maximum Gasteiger partial charge on any atom is 0.143 e. The number of rotatable bonds is 4. The van der Waals surface area contributed by atoms with Crippen LogP contribution in [0, 0.1) is 0 Å². The molecule has 0 fully saturated rings. The number of para-hydroxylation sites is 2. The van der Waals surface area contributed by atoms with Gasteiger partial charge in [0.2, 0.25) is 0 Å². The van der Waals surface area contributed by atoms with Gasteiger partial charge in [-0.05, 0) is 99.6 Å². The van der Waals surface area contributed by atoms with E-state index >= 15 is 0 Å². The molecule has 1 aliphatic rings. The van der Waals surface area contributed by atoms with Crippen molar-refractivity contribution in [3.05, 3.63) is 205 Å². The summed E-state index contributed by atoms with van der Waals surface area (Å²) in [5.74, 6) is 0. The summed E-state index contributed by atoms with van der Waals surface area (Å²) >= 11 is 0. The normalized spacial score (nSPS) is 13.1. The first-order valence-electron chi connectivity index (χ1n) is 20.3. The molecule has 11 aromatic rings. The molecule has 58 heavy (non-hydrogen) atoms. The van der Waals surface area contributed by atoms with Crippen molar-refractivity contribution in [2.24, 2.45) is 0 Å². The van der Waals surface area contributed by atoms with E-state index in [-0.39, 0.29) is 5.41 Å². The molecule has 0 saturated heterocycles. The third kappa shape index (κ3) is 4.71. The summed E-state index contributed by atoms with van der Waals surface area (Å²) in [6, 6.07) is 71.3. The van der Waals surface area contributed by atoms with Crippen LogP contribution >= 0.6 is 0 Å². The second-order valence-corrected chi connectivity index (χ2v) is 16.3. The van der Waals surface area contributed by atoms with Gasteiger partial charge in [-0.25, -0.2) is 0 Å². The lowest BCUT2D eigenvalue weighted by molar-refractivity contribution is 0.662. The molecule has 1 heteroatoms. The largest absolute Gasteiger partial charge is 0.455 e. The van der Waals surface area contributed by atoms with Gasteiger partial charge in [0, 0.05) is 21.8 Å². The number of benzene rings is 10. The van der Waals surface area contributed by atoms with E-state index in [2.05, 4.69) is 196 Å². The Kier molecular flexibility index (Phi) is 7.04. The quantitative estimate of drug-likeness (QED) is 0.164. The van der Waals surface area contributed by atoms with E-state index < -0.39 is 0 Å². The van der Waals surface area contributed by atoms with E-state index in [1.165, 1.54) is 88.0 Å². The predicted octanol–water partition coefficient (Wildman–Crippen LogP) is 16.0. The van der Waals surface area contributed by atoms with E-state index in [9.17, 15) is 0 Å². The molecule has 0 unspecified atom stereocenters.